The van der Waals surface area contributed by atoms with E-state index in [0.717, 1.165) is 25.8 Å². The molecule has 0 spiro atoms. The van der Waals surface area contributed by atoms with Gasteiger partial charge in [-0.2, -0.15) is 9.40 Å². The summed E-state index contributed by atoms with van der Waals surface area (Å²) in [6.45, 7) is 2.52. The van der Waals surface area contributed by atoms with E-state index >= 15 is 0 Å². The van der Waals surface area contributed by atoms with Gasteiger partial charge in [-0.05, 0) is 24.8 Å². The highest BCUT2D eigenvalue weighted by molar-refractivity contribution is 7.89. The fourth-order valence-corrected chi connectivity index (χ4v) is 5.82. The van der Waals surface area contributed by atoms with Gasteiger partial charge in [0.2, 0.25) is 10.0 Å². The van der Waals surface area contributed by atoms with E-state index in [1.807, 2.05) is 0 Å². The van der Waals surface area contributed by atoms with Crippen LogP contribution in [0.3, 0.4) is 0 Å². The van der Waals surface area contributed by atoms with Crippen LogP contribution >= 0.6 is 0 Å². The molecular weight excluding hydrogens is 388 g/mol. The average Bonchev–Trinajstić information content (AvgIpc) is 3.38. The molecule has 1 saturated heterocycles. The molecule has 0 unspecified atom stereocenters. The summed E-state index contributed by atoms with van der Waals surface area (Å²) in [5, 5.41) is 7.73. The summed E-state index contributed by atoms with van der Waals surface area (Å²) in [7, 11) is -0.0274. The molecule has 1 aromatic heterocycles. The lowest BCUT2D eigenvalue weighted by molar-refractivity contribution is 0.0387. The maximum Gasteiger partial charge on any atom is 0.246 e. The Labute approximate surface area is 173 Å². The van der Waals surface area contributed by atoms with Crippen molar-refractivity contribution in [1.29, 1.82) is 0 Å². The Balaban J connectivity index is 1.35. The van der Waals surface area contributed by atoms with Gasteiger partial charge >= 0.3 is 0 Å². The lowest BCUT2D eigenvalue weighted by Gasteiger charge is -2.41. The quantitative estimate of drug-likeness (QED) is 0.709. The molecular formula is C21H30N4O3S. The fraction of sp³-hybridized carbons (Fsp3) is 0.571. The Morgan fingerprint density at radius 3 is 2.59 bits per heavy atom. The van der Waals surface area contributed by atoms with Crippen molar-refractivity contribution in [2.45, 2.75) is 36.1 Å². The maximum absolute atomic E-state index is 12.9. The molecule has 1 saturated carbocycles. The van der Waals surface area contributed by atoms with Gasteiger partial charge in [0.1, 0.15) is 4.90 Å². The molecule has 1 aromatic carbocycles. The van der Waals surface area contributed by atoms with Crippen LogP contribution in [-0.2, 0) is 21.8 Å². The molecule has 158 valence electrons. The summed E-state index contributed by atoms with van der Waals surface area (Å²) in [5.41, 5.74) is 1.36. The van der Waals surface area contributed by atoms with Gasteiger partial charge in [-0.25, -0.2) is 8.42 Å². The second-order valence-electron chi connectivity index (χ2n) is 8.43. The smallest absolute Gasteiger partial charge is 0.246 e. The van der Waals surface area contributed by atoms with E-state index in [4.69, 9.17) is 4.74 Å². The maximum atomic E-state index is 12.9. The van der Waals surface area contributed by atoms with Gasteiger partial charge < -0.3 is 10.1 Å². The Kier molecular flexibility index (Phi) is 5.79. The third kappa shape index (κ3) is 4.40. The molecule has 8 heteroatoms. The van der Waals surface area contributed by atoms with Crippen molar-refractivity contribution in [3.63, 3.8) is 0 Å². The second-order valence-corrected chi connectivity index (χ2v) is 10.4. The highest BCUT2D eigenvalue weighted by Gasteiger charge is 2.43. The van der Waals surface area contributed by atoms with Crippen molar-refractivity contribution in [1.82, 2.24) is 19.4 Å². The molecule has 1 N–H and O–H groups in total. The van der Waals surface area contributed by atoms with E-state index in [2.05, 4.69) is 40.7 Å². The number of ether oxygens (including phenoxy) is 1. The molecule has 0 bridgehead atoms. The first kappa shape index (κ1) is 20.5. The summed E-state index contributed by atoms with van der Waals surface area (Å²) in [4.78, 5) is 0.265. The molecule has 0 radical (unpaired) electrons. The van der Waals surface area contributed by atoms with Gasteiger partial charge in [0.25, 0.3) is 0 Å². The number of piperidine rings is 1. The van der Waals surface area contributed by atoms with E-state index in [1.165, 1.54) is 16.4 Å². The van der Waals surface area contributed by atoms with Crippen molar-refractivity contribution in [2.24, 2.45) is 12.5 Å². The number of methoxy groups -OCH3 is 1. The van der Waals surface area contributed by atoms with Crippen LogP contribution in [0.2, 0.25) is 0 Å². The van der Waals surface area contributed by atoms with Gasteiger partial charge in [-0.15, -0.1) is 0 Å². The van der Waals surface area contributed by atoms with Crippen molar-refractivity contribution in [2.75, 3.05) is 33.4 Å². The predicted molar refractivity (Wildman–Crippen MR) is 111 cm³/mol. The molecule has 2 heterocycles. The lowest BCUT2D eigenvalue weighted by atomic mass is 9.79. The van der Waals surface area contributed by atoms with Crippen molar-refractivity contribution in [3.8, 4) is 0 Å². The molecule has 2 atom stereocenters. The van der Waals surface area contributed by atoms with Crippen LogP contribution in [-0.4, -0.2) is 61.9 Å². The first-order valence-electron chi connectivity index (χ1n) is 10.2. The van der Waals surface area contributed by atoms with Crippen LogP contribution in [0.4, 0.5) is 0 Å². The molecule has 0 amide bonds. The Morgan fingerprint density at radius 1 is 1.24 bits per heavy atom. The minimum absolute atomic E-state index is 0.0282. The first-order chi connectivity index (χ1) is 13.9. The molecule has 2 aliphatic rings. The predicted octanol–water partition coefficient (Wildman–Crippen LogP) is 1.98. The van der Waals surface area contributed by atoms with Crippen molar-refractivity contribution in [3.05, 3.63) is 48.3 Å². The number of rotatable bonds is 8. The summed E-state index contributed by atoms with van der Waals surface area (Å²) in [5.74, 6) is 0.585. The Bertz CT molecular complexity index is 920. The van der Waals surface area contributed by atoms with E-state index in [0.29, 0.717) is 31.7 Å². The lowest BCUT2D eigenvalue weighted by Crippen LogP contribution is -2.49. The van der Waals surface area contributed by atoms with E-state index in [9.17, 15) is 8.42 Å². The van der Waals surface area contributed by atoms with Crippen molar-refractivity contribution >= 4 is 10.0 Å². The summed E-state index contributed by atoms with van der Waals surface area (Å²) in [6, 6.07) is 11.1. The largest absolute Gasteiger partial charge is 0.384 e. The van der Waals surface area contributed by atoms with Gasteiger partial charge in [-0.1, -0.05) is 30.3 Å². The average molecular weight is 419 g/mol. The second kappa shape index (κ2) is 8.18. The van der Waals surface area contributed by atoms with E-state index in [-0.39, 0.29) is 10.3 Å². The van der Waals surface area contributed by atoms with Gasteiger partial charge in [0.15, 0.2) is 0 Å². The van der Waals surface area contributed by atoms with Crippen LogP contribution in [0.1, 0.15) is 30.7 Å². The number of hydrogen-bond donors (Lipinski definition) is 1. The number of sulfonamides is 1. The molecule has 1 aliphatic heterocycles. The van der Waals surface area contributed by atoms with Crippen molar-refractivity contribution < 1.29 is 13.2 Å². The van der Waals surface area contributed by atoms with Gasteiger partial charge in [0, 0.05) is 57.4 Å². The van der Waals surface area contributed by atoms with Gasteiger partial charge in [-0.3, -0.25) is 4.68 Å². The van der Waals surface area contributed by atoms with E-state index in [1.54, 1.807) is 24.7 Å². The zero-order valence-electron chi connectivity index (χ0n) is 17.1. The third-order valence-corrected chi connectivity index (χ3v) is 8.16. The number of aryl methyl sites for hydroxylation is 1. The first-order valence-corrected chi connectivity index (χ1v) is 11.6. The van der Waals surface area contributed by atoms with Crippen LogP contribution in [0.15, 0.2) is 47.6 Å². The number of aromatic nitrogens is 2. The normalized spacial score (nSPS) is 24.5. The van der Waals surface area contributed by atoms with Crippen LogP contribution in [0.25, 0.3) is 0 Å². The zero-order valence-corrected chi connectivity index (χ0v) is 17.9. The summed E-state index contributed by atoms with van der Waals surface area (Å²) in [6.07, 6.45) is 5.72. The Morgan fingerprint density at radius 2 is 1.97 bits per heavy atom. The zero-order chi connectivity index (χ0) is 20.5. The van der Waals surface area contributed by atoms with E-state index < -0.39 is 10.0 Å². The highest BCUT2D eigenvalue weighted by atomic mass is 32.2. The summed E-state index contributed by atoms with van der Waals surface area (Å²) < 4.78 is 34.4. The standard InChI is InChI=1S/C21H30N4O3S/c1-24-14-18(13-23-24)29(26,27)25-10-8-21(9-11-25,16-28-2)15-22-20-12-19(20)17-6-4-3-5-7-17/h3-7,13-14,19-20,22H,8-12,15-16H2,1-2H3/t19-,20-/m0/s1. The monoisotopic (exact) mass is 418 g/mol. The Hall–Kier alpha value is -1.74. The minimum Gasteiger partial charge on any atom is -0.384 e. The SMILES string of the molecule is COCC1(CN[C@H]2C[C@H]2c2ccccc2)CCN(S(=O)(=O)c2cnn(C)c2)CC1. The highest BCUT2D eigenvalue weighted by Crippen LogP contribution is 2.42. The number of nitrogens with zero attached hydrogens (tertiary/aromatic N) is 3. The number of nitrogens with one attached hydrogen (secondary N) is 1. The molecule has 1 aliphatic carbocycles. The molecule has 7 nitrogen and oxygen atoms in total. The minimum atomic E-state index is -3.48. The molecule has 4 rings (SSSR count). The summed E-state index contributed by atoms with van der Waals surface area (Å²) >= 11 is 0. The number of hydrogen-bond acceptors (Lipinski definition) is 5. The fourth-order valence-electron chi connectivity index (χ4n) is 4.40. The molecule has 29 heavy (non-hydrogen) atoms. The van der Waals surface area contributed by atoms with Crippen LogP contribution < -0.4 is 5.32 Å². The molecule has 2 fully saturated rings. The third-order valence-electron chi connectivity index (χ3n) is 6.31. The van der Waals surface area contributed by atoms with Crippen LogP contribution in [0.5, 0.6) is 0 Å². The molecule has 2 aromatic rings. The topological polar surface area (TPSA) is 76.5 Å². The van der Waals surface area contributed by atoms with Crippen LogP contribution in [0, 0.1) is 5.41 Å². The van der Waals surface area contributed by atoms with Gasteiger partial charge in [0.05, 0.1) is 12.8 Å². The number of benzene rings is 1.